The number of carbonyl (C=O) groups excluding carboxylic acids is 1. The Morgan fingerprint density at radius 1 is 1.19 bits per heavy atom. The van der Waals surface area contributed by atoms with Crippen LogP contribution in [0.25, 0.3) is 6.08 Å². The van der Waals surface area contributed by atoms with Crippen molar-refractivity contribution in [1.29, 1.82) is 0 Å². The number of carbonyl (C=O) groups is 1. The highest BCUT2D eigenvalue weighted by molar-refractivity contribution is 8.18. The number of hydrogen-bond donors (Lipinski definition) is 1. The Labute approximate surface area is 157 Å². The van der Waals surface area contributed by atoms with Gasteiger partial charge in [-0.2, -0.15) is 0 Å². The summed E-state index contributed by atoms with van der Waals surface area (Å²) in [4.78, 5) is 17.4. The Morgan fingerprint density at radius 3 is 2.77 bits per heavy atom. The van der Waals surface area contributed by atoms with Crippen LogP contribution in [-0.2, 0) is 4.79 Å². The SMILES string of the molecule is CCOc1ccccc1/C=C1\SC(=Nc2cc(C)ccc2OC)NC1=O. The third-order valence-electron chi connectivity index (χ3n) is 3.71. The smallest absolute Gasteiger partial charge is 0.264 e. The monoisotopic (exact) mass is 368 g/mol. The normalized spacial score (nSPS) is 16.8. The molecule has 0 spiro atoms. The van der Waals surface area contributed by atoms with Crippen LogP contribution < -0.4 is 14.8 Å². The highest BCUT2D eigenvalue weighted by Gasteiger charge is 2.24. The zero-order chi connectivity index (χ0) is 18.5. The van der Waals surface area contributed by atoms with Gasteiger partial charge in [0.25, 0.3) is 5.91 Å². The van der Waals surface area contributed by atoms with E-state index in [1.807, 2.05) is 62.4 Å². The molecule has 0 aliphatic carbocycles. The first kappa shape index (κ1) is 18.1. The first-order chi connectivity index (χ1) is 12.6. The molecule has 0 saturated carbocycles. The molecule has 0 radical (unpaired) electrons. The Kier molecular flexibility index (Phi) is 5.63. The van der Waals surface area contributed by atoms with Crippen molar-refractivity contribution in [2.24, 2.45) is 4.99 Å². The van der Waals surface area contributed by atoms with Gasteiger partial charge in [-0.05, 0) is 55.4 Å². The van der Waals surface area contributed by atoms with Crippen molar-refractivity contribution in [3.05, 3.63) is 58.5 Å². The van der Waals surface area contributed by atoms with Gasteiger partial charge in [0.2, 0.25) is 0 Å². The molecule has 1 N–H and O–H groups in total. The number of aliphatic imine (C=N–C) groups is 1. The van der Waals surface area contributed by atoms with E-state index in [2.05, 4.69) is 10.3 Å². The van der Waals surface area contributed by atoms with Gasteiger partial charge in [0, 0.05) is 5.56 Å². The summed E-state index contributed by atoms with van der Waals surface area (Å²) in [6.07, 6.45) is 1.82. The summed E-state index contributed by atoms with van der Waals surface area (Å²) in [6, 6.07) is 13.4. The lowest BCUT2D eigenvalue weighted by Gasteiger charge is -2.06. The molecule has 134 valence electrons. The number of nitrogens with one attached hydrogen (secondary N) is 1. The number of benzene rings is 2. The van der Waals surface area contributed by atoms with Crippen molar-refractivity contribution in [2.45, 2.75) is 13.8 Å². The van der Waals surface area contributed by atoms with Crippen LogP contribution in [0.15, 0.2) is 52.4 Å². The largest absolute Gasteiger partial charge is 0.494 e. The highest BCUT2D eigenvalue weighted by Crippen LogP contribution is 2.33. The van der Waals surface area contributed by atoms with E-state index in [1.54, 1.807) is 7.11 Å². The maximum absolute atomic E-state index is 12.3. The zero-order valence-corrected chi connectivity index (χ0v) is 15.7. The quantitative estimate of drug-likeness (QED) is 0.800. The summed E-state index contributed by atoms with van der Waals surface area (Å²) in [5, 5.41) is 3.33. The van der Waals surface area contributed by atoms with Crippen LogP contribution in [0.1, 0.15) is 18.1 Å². The van der Waals surface area contributed by atoms with Crippen LogP contribution in [0.2, 0.25) is 0 Å². The van der Waals surface area contributed by atoms with Crippen LogP contribution in [0, 0.1) is 6.92 Å². The number of para-hydroxylation sites is 1. The number of amides is 1. The molecule has 1 heterocycles. The van der Waals surface area contributed by atoms with Crippen molar-refractivity contribution in [2.75, 3.05) is 13.7 Å². The number of nitrogens with zero attached hydrogens (tertiary/aromatic N) is 1. The summed E-state index contributed by atoms with van der Waals surface area (Å²) >= 11 is 1.30. The molecule has 0 bridgehead atoms. The van der Waals surface area contributed by atoms with Crippen LogP contribution in [0.4, 0.5) is 5.69 Å². The highest BCUT2D eigenvalue weighted by atomic mass is 32.2. The Bertz CT molecular complexity index is 890. The van der Waals surface area contributed by atoms with Gasteiger partial charge in [-0.15, -0.1) is 0 Å². The summed E-state index contributed by atoms with van der Waals surface area (Å²) in [6.45, 7) is 4.49. The lowest BCUT2D eigenvalue weighted by molar-refractivity contribution is -0.115. The number of ether oxygens (including phenoxy) is 2. The lowest BCUT2D eigenvalue weighted by Crippen LogP contribution is -2.19. The van der Waals surface area contributed by atoms with Crippen LogP contribution in [0.3, 0.4) is 0 Å². The van der Waals surface area contributed by atoms with E-state index in [0.29, 0.717) is 28.1 Å². The minimum absolute atomic E-state index is 0.174. The molecule has 1 aliphatic heterocycles. The first-order valence-corrected chi connectivity index (χ1v) is 9.08. The first-order valence-electron chi connectivity index (χ1n) is 8.26. The van der Waals surface area contributed by atoms with E-state index in [0.717, 1.165) is 16.9 Å². The zero-order valence-electron chi connectivity index (χ0n) is 14.9. The molecule has 3 rings (SSSR count). The molecule has 0 atom stereocenters. The molecule has 1 saturated heterocycles. The average molecular weight is 368 g/mol. The predicted octanol–water partition coefficient (Wildman–Crippen LogP) is 4.29. The molecule has 2 aromatic carbocycles. The third kappa shape index (κ3) is 4.08. The van der Waals surface area contributed by atoms with Crippen molar-refractivity contribution in [3.63, 3.8) is 0 Å². The number of rotatable bonds is 5. The van der Waals surface area contributed by atoms with E-state index >= 15 is 0 Å². The summed E-state index contributed by atoms with van der Waals surface area (Å²) in [5.74, 6) is 1.24. The van der Waals surface area contributed by atoms with Crippen LogP contribution >= 0.6 is 11.8 Å². The predicted molar refractivity (Wildman–Crippen MR) is 106 cm³/mol. The maximum Gasteiger partial charge on any atom is 0.264 e. The van der Waals surface area contributed by atoms with Gasteiger partial charge >= 0.3 is 0 Å². The number of hydrogen-bond acceptors (Lipinski definition) is 5. The van der Waals surface area contributed by atoms with Crippen LogP contribution in [0.5, 0.6) is 11.5 Å². The molecular formula is C20H20N2O3S. The van der Waals surface area contributed by atoms with Crippen molar-refractivity contribution >= 4 is 34.6 Å². The fraction of sp³-hybridized carbons (Fsp3) is 0.200. The fourth-order valence-corrected chi connectivity index (χ4v) is 3.33. The van der Waals surface area contributed by atoms with Crippen molar-refractivity contribution < 1.29 is 14.3 Å². The summed E-state index contributed by atoms with van der Waals surface area (Å²) < 4.78 is 11.0. The molecule has 1 fully saturated rings. The molecule has 0 aromatic heterocycles. The minimum atomic E-state index is -0.174. The van der Waals surface area contributed by atoms with E-state index in [4.69, 9.17) is 9.47 Å². The van der Waals surface area contributed by atoms with Crippen molar-refractivity contribution in [1.82, 2.24) is 5.32 Å². The van der Waals surface area contributed by atoms with Gasteiger partial charge in [-0.3, -0.25) is 4.79 Å². The summed E-state index contributed by atoms with van der Waals surface area (Å²) in [5.41, 5.74) is 2.62. The Hall–Kier alpha value is -2.73. The molecule has 1 amide bonds. The molecule has 5 nitrogen and oxygen atoms in total. The molecule has 1 aliphatic rings. The maximum atomic E-state index is 12.3. The molecule has 2 aromatic rings. The second-order valence-corrected chi connectivity index (χ2v) is 6.66. The van der Waals surface area contributed by atoms with Crippen molar-refractivity contribution in [3.8, 4) is 11.5 Å². The molecule has 26 heavy (non-hydrogen) atoms. The molecular weight excluding hydrogens is 348 g/mol. The number of methoxy groups -OCH3 is 1. The number of thioether (sulfide) groups is 1. The van der Waals surface area contributed by atoms with Gasteiger partial charge in [-0.1, -0.05) is 24.3 Å². The molecule has 6 heteroatoms. The third-order valence-corrected chi connectivity index (χ3v) is 4.62. The number of amidine groups is 1. The summed E-state index contributed by atoms with van der Waals surface area (Å²) in [7, 11) is 1.60. The fourth-order valence-electron chi connectivity index (χ4n) is 2.51. The van der Waals surface area contributed by atoms with Gasteiger partial charge in [0.15, 0.2) is 5.17 Å². The van der Waals surface area contributed by atoms with E-state index in [9.17, 15) is 4.79 Å². The lowest BCUT2D eigenvalue weighted by atomic mass is 10.2. The van der Waals surface area contributed by atoms with Gasteiger partial charge in [0.1, 0.15) is 17.2 Å². The Morgan fingerprint density at radius 2 is 2.00 bits per heavy atom. The van der Waals surface area contributed by atoms with Gasteiger partial charge in [0.05, 0.1) is 18.6 Å². The van der Waals surface area contributed by atoms with E-state index in [1.165, 1.54) is 11.8 Å². The van der Waals surface area contributed by atoms with E-state index in [-0.39, 0.29) is 5.91 Å². The topological polar surface area (TPSA) is 59.9 Å². The van der Waals surface area contributed by atoms with Gasteiger partial charge in [-0.25, -0.2) is 4.99 Å². The van der Waals surface area contributed by atoms with Crippen LogP contribution in [-0.4, -0.2) is 24.8 Å². The second-order valence-electron chi connectivity index (χ2n) is 5.63. The van der Waals surface area contributed by atoms with E-state index < -0.39 is 0 Å². The standard InChI is InChI=1S/C20H20N2O3S/c1-4-25-16-8-6-5-7-14(16)12-18-19(23)22-20(26-18)21-15-11-13(2)9-10-17(15)24-3/h5-12H,4H2,1-3H3,(H,21,22,23)/b18-12-. The van der Waals surface area contributed by atoms with Gasteiger partial charge < -0.3 is 14.8 Å². The minimum Gasteiger partial charge on any atom is -0.494 e. The number of aryl methyl sites for hydroxylation is 1. The average Bonchev–Trinajstić information content (AvgIpc) is 2.96. The second kappa shape index (κ2) is 8.10. The molecule has 0 unspecified atom stereocenters. The Balaban J connectivity index is 1.89.